The molecule has 0 saturated carbocycles. The lowest BCUT2D eigenvalue weighted by Gasteiger charge is -2.24. The Bertz CT molecular complexity index is 895. The van der Waals surface area contributed by atoms with E-state index in [2.05, 4.69) is 5.32 Å². The number of nitrogens with zero attached hydrogens (tertiary/aromatic N) is 1. The monoisotopic (exact) mass is 390 g/mol. The summed E-state index contributed by atoms with van der Waals surface area (Å²) >= 11 is 0. The van der Waals surface area contributed by atoms with Crippen molar-refractivity contribution in [3.05, 3.63) is 60.2 Å². The molecule has 2 aromatic rings. The predicted molar refractivity (Wildman–Crippen MR) is 102 cm³/mol. The van der Waals surface area contributed by atoms with Gasteiger partial charge in [0.1, 0.15) is 6.04 Å². The SMILES string of the molecule is Cc1ccc(N(CCC(=O)N[C@@H](C)C(=O)O)S(=O)(=O)c2ccccc2)cc1. The van der Waals surface area contributed by atoms with Gasteiger partial charge in [-0.05, 0) is 38.1 Å². The fourth-order valence-corrected chi connectivity index (χ4v) is 3.88. The first-order chi connectivity index (χ1) is 12.7. The number of benzene rings is 2. The van der Waals surface area contributed by atoms with Crippen molar-refractivity contribution in [2.75, 3.05) is 10.8 Å². The van der Waals surface area contributed by atoms with E-state index in [9.17, 15) is 18.0 Å². The van der Waals surface area contributed by atoms with Crippen LogP contribution < -0.4 is 9.62 Å². The van der Waals surface area contributed by atoms with Crippen LogP contribution in [0.3, 0.4) is 0 Å². The van der Waals surface area contributed by atoms with E-state index in [0.29, 0.717) is 5.69 Å². The Labute approximate surface area is 158 Å². The smallest absolute Gasteiger partial charge is 0.325 e. The van der Waals surface area contributed by atoms with Gasteiger partial charge in [0.15, 0.2) is 0 Å². The summed E-state index contributed by atoms with van der Waals surface area (Å²) in [6.45, 7) is 3.12. The van der Waals surface area contributed by atoms with E-state index >= 15 is 0 Å². The molecule has 0 aliphatic carbocycles. The summed E-state index contributed by atoms with van der Waals surface area (Å²) in [6, 6.07) is 13.8. The number of hydrogen-bond acceptors (Lipinski definition) is 4. The van der Waals surface area contributed by atoms with Crippen LogP contribution in [0.1, 0.15) is 18.9 Å². The van der Waals surface area contributed by atoms with Crippen LogP contribution in [0.5, 0.6) is 0 Å². The molecule has 0 aliphatic heterocycles. The Hall–Kier alpha value is -2.87. The highest BCUT2D eigenvalue weighted by atomic mass is 32.2. The van der Waals surface area contributed by atoms with Crippen LogP contribution in [-0.2, 0) is 19.6 Å². The molecule has 27 heavy (non-hydrogen) atoms. The van der Waals surface area contributed by atoms with Crippen molar-refractivity contribution < 1.29 is 23.1 Å². The molecule has 2 aromatic carbocycles. The lowest BCUT2D eigenvalue weighted by Crippen LogP contribution is -2.41. The van der Waals surface area contributed by atoms with Crippen LogP contribution in [0.25, 0.3) is 0 Å². The lowest BCUT2D eigenvalue weighted by atomic mass is 10.2. The second kappa shape index (κ2) is 8.68. The number of anilines is 1. The molecule has 0 spiro atoms. The molecule has 0 fully saturated rings. The first-order valence-electron chi connectivity index (χ1n) is 8.38. The van der Waals surface area contributed by atoms with Gasteiger partial charge in [-0.15, -0.1) is 0 Å². The molecule has 2 rings (SSSR count). The Morgan fingerprint density at radius 3 is 2.22 bits per heavy atom. The van der Waals surface area contributed by atoms with Gasteiger partial charge in [0.05, 0.1) is 10.6 Å². The molecular weight excluding hydrogens is 368 g/mol. The summed E-state index contributed by atoms with van der Waals surface area (Å²) in [5.74, 6) is -1.69. The highest BCUT2D eigenvalue weighted by Crippen LogP contribution is 2.24. The topological polar surface area (TPSA) is 104 Å². The maximum absolute atomic E-state index is 13.1. The minimum Gasteiger partial charge on any atom is -0.480 e. The Kier molecular flexibility index (Phi) is 6.57. The van der Waals surface area contributed by atoms with Crippen molar-refractivity contribution in [2.24, 2.45) is 0 Å². The van der Waals surface area contributed by atoms with Gasteiger partial charge < -0.3 is 10.4 Å². The number of sulfonamides is 1. The third kappa shape index (κ3) is 5.30. The van der Waals surface area contributed by atoms with Crippen molar-refractivity contribution in [2.45, 2.75) is 31.2 Å². The maximum atomic E-state index is 13.1. The van der Waals surface area contributed by atoms with E-state index < -0.39 is 27.9 Å². The molecule has 0 aliphatic rings. The number of aliphatic carboxylic acids is 1. The number of hydrogen-bond donors (Lipinski definition) is 2. The predicted octanol–water partition coefficient (Wildman–Crippen LogP) is 2.17. The van der Waals surface area contributed by atoms with Crippen LogP contribution in [-0.4, -0.2) is 38.0 Å². The zero-order valence-electron chi connectivity index (χ0n) is 15.1. The van der Waals surface area contributed by atoms with E-state index in [-0.39, 0.29) is 17.9 Å². The average molecular weight is 390 g/mol. The normalized spacial score (nSPS) is 12.2. The van der Waals surface area contributed by atoms with Crippen molar-refractivity contribution in [3.8, 4) is 0 Å². The molecule has 0 unspecified atom stereocenters. The van der Waals surface area contributed by atoms with E-state index in [0.717, 1.165) is 9.87 Å². The second-order valence-electron chi connectivity index (χ2n) is 6.10. The van der Waals surface area contributed by atoms with Crippen molar-refractivity contribution in [1.82, 2.24) is 5.32 Å². The third-order valence-corrected chi connectivity index (χ3v) is 5.78. The number of rotatable bonds is 8. The molecule has 144 valence electrons. The largest absolute Gasteiger partial charge is 0.480 e. The Balaban J connectivity index is 2.27. The summed E-state index contributed by atoms with van der Waals surface area (Å²) in [4.78, 5) is 23.0. The molecule has 8 heteroatoms. The summed E-state index contributed by atoms with van der Waals surface area (Å²) in [6.07, 6.45) is -0.169. The summed E-state index contributed by atoms with van der Waals surface area (Å²) < 4.78 is 27.3. The van der Waals surface area contributed by atoms with Gasteiger partial charge in [-0.25, -0.2) is 8.42 Å². The van der Waals surface area contributed by atoms with Gasteiger partial charge in [0.25, 0.3) is 10.0 Å². The Morgan fingerprint density at radius 2 is 1.67 bits per heavy atom. The number of amides is 1. The molecule has 0 bridgehead atoms. The van der Waals surface area contributed by atoms with Gasteiger partial charge in [0.2, 0.25) is 5.91 Å². The number of nitrogens with one attached hydrogen (secondary N) is 1. The van der Waals surface area contributed by atoms with Crippen LogP contribution in [0.4, 0.5) is 5.69 Å². The summed E-state index contributed by atoms with van der Waals surface area (Å²) in [7, 11) is -3.87. The maximum Gasteiger partial charge on any atom is 0.325 e. The number of carbonyl (C=O) groups excluding carboxylic acids is 1. The van der Waals surface area contributed by atoms with E-state index in [1.807, 2.05) is 6.92 Å². The van der Waals surface area contributed by atoms with Gasteiger partial charge in [-0.3, -0.25) is 13.9 Å². The molecule has 1 amide bonds. The first-order valence-corrected chi connectivity index (χ1v) is 9.82. The molecule has 1 atom stereocenters. The molecule has 7 nitrogen and oxygen atoms in total. The van der Waals surface area contributed by atoms with Crippen molar-refractivity contribution in [3.63, 3.8) is 0 Å². The highest BCUT2D eigenvalue weighted by Gasteiger charge is 2.25. The zero-order chi connectivity index (χ0) is 20.0. The van der Waals surface area contributed by atoms with Gasteiger partial charge in [0, 0.05) is 13.0 Å². The molecule has 0 saturated heterocycles. The fourth-order valence-electron chi connectivity index (χ4n) is 2.40. The van der Waals surface area contributed by atoms with Gasteiger partial charge in [-0.1, -0.05) is 35.9 Å². The average Bonchev–Trinajstić information content (AvgIpc) is 2.63. The van der Waals surface area contributed by atoms with E-state index in [1.54, 1.807) is 42.5 Å². The summed E-state index contributed by atoms with van der Waals surface area (Å²) in [5.41, 5.74) is 1.41. The van der Waals surface area contributed by atoms with E-state index in [1.165, 1.54) is 19.1 Å². The lowest BCUT2D eigenvalue weighted by molar-refractivity contribution is -0.141. The number of carbonyl (C=O) groups is 2. The minimum absolute atomic E-state index is 0.113. The van der Waals surface area contributed by atoms with E-state index in [4.69, 9.17) is 5.11 Å². The standard InChI is InChI=1S/C19H22N2O5S/c1-14-8-10-16(11-9-14)21(13-12-18(22)20-15(2)19(23)24)27(25,26)17-6-4-3-5-7-17/h3-11,15H,12-13H2,1-2H3,(H,20,22)(H,23,24)/t15-/m0/s1. The number of carboxylic acid groups (broad SMARTS) is 1. The first kappa shape index (κ1) is 20.4. The van der Waals surface area contributed by atoms with Gasteiger partial charge in [-0.2, -0.15) is 0 Å². The number of aryl methyl sites for hydroxylation is 1. The quantitative estimate of drug-likeness (QED) is 0.719. The fraction of sp³-hybridized carbons (Fsp3) is 0.263. The number of carboxylic acids is 1. The molecule has 0 heterocycles. The zero-order valence-corrected chi connectivity index (χ0v) is 15.9. The van der Waals surface area contributed by atoms with Gasteiger partial charge >= 0.3 is 5.97 Å². The summed E-state index contributed by atoms with van der Waals surface area (Å²) in [5, 5.41) is 11.2. The van der Waals surface area contributed by atoms with Crippen molar-refractivity contribution in [1.29, 1.82) is 0 Å². The van der Waals surface area contributed by atoms with Crippen LogP contribution >= 0.6 is 0 Å². The molecule has 0 aromatic heterocycles. The Morgan fingerprint density at radius 1 is 1.07 bits per heavy atom. The third-order valence-electron chi connectivity index (χ3n) is 3.94. The molecule has 0 radical (unpaired) electrons. The highest BCUT2D eigenvalue weighted by molar-refractivity contribution is 7.92. The van der Waals surface area contributed by atoms with Crippen LogP contribution in [0.15, 0.2) is 59.5 Å². The van der Waals surface area contributed by atoms with Crippen LogP contribution in [0.2, 0.25) is 0 Å². The van der Waals surface area contributed by atoms with Crippen LogP contribution in [0, 0.1) is 6.92 Å². The minimum atomic E-state index is -3.87. The molecular formula is C19H22N2O5S. The van der Waals surface area contributed by atoms with Crippen molar-refractivity contribution >= 4 is 27.6 Å². The second-order valence-corrected chi connectivity index (χ2v) is 7.97. The molecule has 2 N–H and O–H groups in total.